The maximum atomic E-state index is 12.3. The molecule has 3 rings (SSSR count). The smallest absolute Gasteiger partial charge is 0.246 e. The molecule has 0 bridgehead atoms. The lowest BCUT2D eigenvalue weighted by Crippen LogP contribution is -2.57. The molecule has 2 fully saturated rings. The molecule has 1 atom stereocenters. The molecule has 2 aliphatic rings. The third kappa shape index (κ3) is 2.40. The van der Waals surface area contributed by atoms with Crippen LogP contribution in [0.5, 0.6) is 0 Å². The Labute approximate surface area is 113 Å². The monoisotopic (exact) mass is 258 g/mol. The Bertz CT molecular complexity index is 486. The van der Waals surface area contributed by atoms with E-state index in [1.54, 1.807) is 0 Å². The summed E-state index contributed by atoms with van der Waals surface area (Å²) in [7, 11) is 0. The van der Waals surface area contributed by atoms with Gasteiger partial charge in [-0.1, -0.05) is 30.3 Å². The Hall–Kier alpha value is -1.68. The molecule has 0 unspecified atom stereocenters. The van der Waals surface area contributed by atoms with Crippen LogP contribution in [0, 0.1) is 0 Å². The van der Waals surface area contributed by atoms with Gasteiger partial charge in [0.2, 0.25) is 11.8 Å². The first kappa shape index (κ1) is 12.4. The van der Waals surface area contributed by atoms with Crippen LogP contribution in [0.4, 0.5) is 0 Å². The highest BCUT2D eigenvalue weighted by Gasteiger charge is 2.41. The van der Waals surface area contributed by atoms with Crippen molar-refractivity contribution in [2.45, 2.75) is 25.3 Å². The minimum Gasteiger partial charge on any atom is -0.283 e. The van der Waals surface area contributed by atoms with Crippen molar-refractivity contribution in [3.8, 4) is 0 Å². The molecule has 0 saturated carbocycles. The second-order valence-corrected chi connectivity index (χ2v) is 5.25. The molecule has 4 heteroatoms. The van der Waals surface area contributed by atoms with Crippen molar-refractivity contribution in [2.24, 2.45) is 0 Å². The number of carbonyl (C=O) groups excluding carboxylic acids is 2. The molecule has 1 aromatic rings. The first-order valence-corrected chi connectivity index (χ1v) is 6.88. The van der Waals surface area contributed by atoms with E-state index in [0.717, 1.165) is 31.4 Å². The zero-order valence-electron chi connectivity index (χ0n) is 10.9. The van der Waals surface area contributed by atoms with Gasteiger partial charge in [0.05, 0.1) is 12.6 Å². The van der Waals surface area contributed by atoms with Crippen LogP contribution in [0.25, 0.3) is 0 Å². The van der Waals surface area contributed by atoms with E-state index >= 15 is 0 Å². The summed E-state index contributed by atoms with van der Waals surface area (Å²) >= 11 is 0. The van der Waals surface area contributed by atoms with Crippen LogP contribution >= 0.6 is 0 Å². The lowest BCUT2D eigenvalue weighted by molar-refractivity contribution is -0.154. The summed E-state index contributed by atoms with van der Waals surface area (Å²) in [5.74, 6) is -0.0382. The van der Waals surface area contributed by atoms with E-state index in [2.05, 4.69) is 0 Å². The predicted molar refractivity (Wildman–Crippen MR) is 71.5 cm³/mol. The molecular weight excluding hydrogens is 240 g/mol. The summed E-state index contributed by atoms with van der Waals surface area (Å²) in [6, 6.07) is 9.94. The fraction of sp³-hybridized carbons (Fsp3) is 0.467. The molecule has 0 aliphatic carbocycles. The third-order valence-electron chi connectivity index (χ3n) is 4.02. The molecule has 1 aromatic carbocycles. The van der Waals surface area contributed by atoms with Gasteiger partial charge in [-0.25, -0.2) is 0 Å². The number of hydrogen-bond acceptors (Lipinski definition) is 3. The van der Waals surface area contributed by atoms with Crippen molar-refractivity contribution in [1.29, 1.82) is 0 Å². The number of fused-ring (bicyclic) bond motifs is 1. The second-order valence-electron chi connectivity index (χ2n) is 5.25. The van der Waals surface area contributed by atoms with Crippen LogP contribution in [-0.4, -0.2) is 47.3 Å². The molecule has 2 saturated heterocycles. The number of imide groups is 1. The minimum absolute atomic E-state index is 0.00433. The highest BCUT2D eigenvalue weighted by molar-refractivity contribution is 6.01. The standard InChI is InChI=1S/C15H18N2O2/c18-14-11-16-9-4-7-13(16)15(19)17(14)10-8-12-5-2-1-3-6-12/h1-3,5-6,13H,4,7-11H2/t13-/m0/s1. The summed E-state index contributed by atoms with van der Waals surface area (Å²) in [6.07, 6.45) is 2.66. The van der Waals surface area contributed by atoms with Gasteiger partial charge in [0.15, 0.2) is 0 Å². The minimum atomic E-state index is -0.0477. The largest absolute Gasteiger partial charge is 0.283 e. The SMILES string of the molecule is O=C1CN2CCC[C@H]2C(=O)N1CCc1ccccc1. The van der Waals surface area contributed by atoms with E-state index in [1.807, 2.05) is 35.2 Å². The van der Waals surface area contributed by atoms with Crippen molar-refractivity contribution in [3.05, 3.63) is 35.9 Å². The Balaban J connectivity index is 1.66. The normalized spacial score (nSPS) is 23.8. The molecule has 0 radical (unpaired) electrons. The summed E-state index contributed by atoms with van der Waals surface area (Å²) in [5, 5.41) is 0. The van der Waals surface area contributed by atoms with Crippen molar-refractivity contribution in [2.75, 3.05) is 19.6 Å². The van der Waals surface area contributed by atoms with E-state index in [9.17, 15) is 9.59 Å². The first-order valence-electron chi connectivity index (χ1n) is 6.88. The zero-order valence-corrected chi connectivity index (χ0v) is 10.9. The van der Waals surface area contributed by atoms with Gasteiger partial charge in [-0.2, -0.15) is 0 Å². The summed E-state index contributed by atoms with van der Waals surface area (Å²) < 4.78 is 0. The van der Waals surface area contributed by atoms with Crippen molar-refractivity contribution in [1.82, 2.24) is 9.80 Å². The quantitative estimate of drug-likeness (QED) is 0.761. The van der Waals surface area contributed by atoms with Crippen molar-refractivity contribution < 1.29 is 9.59 Å². The molecular formula is C15H18N2O2. The summed E-state index contributed by atoms with van der Waals surface area (Å²) in [5.41, 5.74) is 1.16. The maximum absolute atomic E-state index is 12.3. The van der Waals surface area contributed by atoms with Crippen LogP contribution < -0.4 is 0 Å². The van der Waals surface area contributed by atoms with Gasteiger partial charge < -0.3 is 0 Å². The highest BCUT2D eigenvalue weighted by atomic mass is 16.2. The topological polar surface area (TPSA) is 40.6 Å². The van der Waals surface area contributed by atoms with Gasteiger partial charge in [-0.3, -0.25) is 19.4 Å². The van der Waals surface area contributed by atoms with Crippen LogP contribution in [-0.2, 0) is 16.0 Å². The number of rotatable bonds is 3. The Morgan fingerprint density at radius 1 is 1.16 bits per heavy atom. The molecule has 0 aromatic heterocycles. The summed E-state index contributed by atoms with van der Waals surface area (Å²) in [4.78, 5) is 27.8. The van der Waals surface area contributed by atoms with Gasteiger partial charge in [0.1, 0.15) is 0 Å². The van der Waals surface area contributed by atoms with E-state index in [-0.39, 0.29) is 17.9 Å². The number of benzene rings is 1. The predicted octanol–water partition coefficient (Wildman–Crippen LogP) is 1.06. The molecule has 0 N–H and O–H groups in total. The number of amides is 2. The number of carbonyl (C=O) groups is 2. The number of nitrogens with zero attached hydrogens (tertiary/aromatic N) is 2. The average Bonchev–Trinajstić information content (AvgIpc) is 2.88. The van der Waals surface area contributed by atoms with Gasteiger partial charge in [0, 0.05) is 6.54 Å². The van der Waals surface area contributed by atoms with Gasteiger partial charge in [-0.05, 0) is 31.4 Å². The zero-order chi connectivity index (χ0) is 13.2. The molecule has 100 valence electrons. The third-order valence-corrected chi connectivity index (χ3v) is 4.02. The number of hydrogen-bond donors (Lipinski definition) is 0. The lowest BCUT2D eigenvalue weighted by Gasteiger charge is -2.35. The molecule has 2 heterocycles. The van der Waals surface area contributed by atoms with Crippen LogP contribution in [0.1, 0.15) is 18.4 Å². The van der Waals surface area contributed by atoms with Gasteiger partial charge in [-0.15, -0.1) is 0 Å². The Kier molecular flexibility index (Phi) is 3.34. The molecule has 2 amide bonds. The molecule has 4 nitrogen and oxygen atoms in total. The van der Waals surface area contributed by atoms with Crippen LogP contribution in [0.2, 0.25) is 0 Å². The van der Waals surface area contributed by atoms with Crippen LogP contribution in [0.15, 0.2) is 30.3 Å². The first-order chi connectivity index (χ1) is 9.25. The van der Waals surface area contributed by atoms with Crippen molar-refractivity contribution >= 4 is 11.8 Å². The second kappa shape index (κ2) is 5.13. The molecule has 19 heavy (non-hydrogen) atoms. The van der Waals surface area contributed by atoms with Crippen LogP contribution in [0.3, 0.4) is 0 Å². The van der Waals surface area contributed by atoms with E-state index in [0.29, 0.717) is 13.1 Å². The number of piperazine rings is 1. The van der Waals surface area contributed by atoms with E-state index in [1.165, 1.54) is 4.90 Å². The maximum Gasteiger partial charge on any atom is 0.246 e. The van der Waals surface area contributed by atoms with E-state index < -0.39 is 0 Å². The Morgan fingerprint density at radius 3 is 2.74 bits per heavy atom. The molecule has 2 aliphatic heterocycles. The van der Waals surface area contributed by atoms with Crippen molar-refractivity contribution in [3.63, 3.8) is 0 Å². The summed E-state index contributed by atoms with van der Waals surface area (Å²) in [6.45, 7) is 1.80. The lowest BCUT2D eigenvalue weighted by atomic mass is 10.1. The van der Waals surface area contributed by atoms with E-state index in [4.69, 9.17) is 0 Å². The average molecular weight is 258 g/mol. The van der Waals surface area contributed by atoms with Gasteiger partial charge in [0.25, 0.3) is 0 Å². The van der Waals surface area contributed by atoms with Gasteiger partial charge >= 0.3 is 0 Å². The Morgan fingerprint density at radius 2 is 1.95 bits per heavy atom. The fourth-order valence-corrected chi connectivity index (χ4v) is 2.98. The fourth-order valence-electron chi connectivity index (χ4n) is 2.98. The highest BCUT2D eigenvalue weighted by Crippen LogP contribution is 2.23. The molecule has 0 spiro atoms.